The van der Waals surface area contributed by atoms with E-state index < -0.39 is 10.0 Å². The molecule has 1 aliphatic heterocycles. The van der Waals surface area contributed by atoms with Crippen LogP contribution in [0.3, 0.4) is 0 Å². The van der Waals surface area contributed by atoms with E-state index >= 15 is 0 Å². The van der Waals surface area contributed by atoms with E-state index in [1.807, 2.05) is 0 Å². The van der Waals surface area contributed by atoms with Crippen molar-refractivity contribution in [1.29, 1.82) is 0 Å². The number of nitrogens with one attached hydrogen (secondary N) is 1. The van der Waals surface area contributed by atoms with Crippen LogP contribution in [0.5, 0.6) is 0 Å². The smallest absolute Gasteiger partial charge is 0.273 e. The van der Waals surface area contributed by atoms with Crippen molar-refractivity contribution in [1.82, 2.24) is 4.72 Å². The summed E-state index contributed by atoms with van der Waals surface area (Å²) in [6.45, 7) is 1.63. The van der Waals surface area contributed by atoms with Crippen LogP contribution in [0, 0.1) is 5.92 Å². The minimum atomic E-state index is -3.68. The number of aldehydes is 1. The molecule has 1 fully saturated rings. The van der Waals surface area contributed by atoms with Gasteiger partial charge in [0, 0.05) is 13.2 Å². The SMILES string of the molecule is O=Cc1ccc(S(=O)(=O)NCC2CCCOC2)o1. The molecule has 1 N–H and O–H groups in total. The summed E-state index contributed by atoms with van der Waals surface area (Å²) in [4.78, 5) is 10.4. The van der Waals surface area contributed by atoms with Gasteiger partial charge in [-0.25, -0.2) is 13.1 Å². The Morgan fingerprint density at radius 3 is 2.89 bits per heavy atom. The molecule has 0 aromatic carbocycles. The van der Waals surface area contributed by atoms with Crippen molar-refractivity contribution in [2.45, 2.75) is 17.9 Å². The van der Waals surface area contributed by atoms with Crippen molar-refractivity contribution in [3.63, 3.8) is 0 Å². The summed E-state index contributed by atoms with van der Waals surface area (Å²) in [6, 6.07) is 2.59. The minimum absolute atomic E-state index is 0.00336. The maximum atomic E-state index is 11.8. The Morgan fingerprint density at radius 1 is 1.44 bits per heavy atom. The molecule has 0 aliphatic carbocycles. The monoisotopic (exact) mass is 273 g/mol. The van der Waals surface area contributed by atoms with Crippen LogP contribution in [0.1, 0.15) is 23.4 Å². The van der Waals surface area contributed by atoms with Gasteiger partial charge < -0.3 is 9.15 Å². The molecule has 2 rings (SSSR count). The molecule has 1 aromatic rings. The van der Waals surface area contributed by atoms with Gasteiger partial charge in [0.15, 0.2) is 12.0 Å². The second kappa shape index (κ2) is 5.64. The van der Waals surface area contributed by atoms with Crippen molar-refractivity contribution < 1.29 is 22.4 Å². The summed E-state index contributed by atoms with van der Waals surface area (Å²) in [6.07, 6.45) is 2.36. The van der Waals surface area contributed by atoms with Crippen LogP contribution in [0.15, 0.2) is 21.6 Å². The zero-order chi connectivity index (χ0) is 13.0. The molecule has 0 amide bonds. The predicted octanol–water partition coefficient (Wildman–Crippen LogP) is 0.797. The summed E-state index contributed by atoms with van der Waals surface area (Å²) in [5.41, 5.74) is 0. The largest absolute Gasteiger partial charge is 0.440 e. The lowest BCUT2D eigenvalue weighted by molar-refractivity contribution is 0.0567. The van der Waals surface area contributed by atoms with Crippen molar-refractivity contribution in [3.05, 3.63) is 17.9 Å². The minimum Gasteiger partial charge on any atom is -0.440 e. The third-order valence-electron chi connectivity index (χ3n) is 2.80. The molecule has 7 heteroatoms. The third kappa shape index (κ3) is 3.18. The predicted molar refractivity (Wildman–Crippen MR) is 62.8 cm³/mol. The fourth-order valence-corrected chi connectivity index (χ4v) is 2.86. The zero-order valence-corrected chi connectivity index (χ0v) is 10.6. The molecular formula is C11H15NO5S. The lowest BCUT2D eigenvalue weighted by Gasteiger charge is -2.21. The Hall–Kier alpha value is -1.18. The molecule has 1 atom stereocenters. The number of rotatable bonds is 5. The summed E-state index contributed by atoms with van der Waals surface area (Å²) >= 11 is 0. The molecule has 0 radical (unpaired) electrons. The van der Waals surface area contributed by atoms with Crippen molar-refractivity contribution in [3.8, 4) is 0 Å². The van der Waals surface area contributed by atoms with Gasteiger partial charge in [-0.1, -0.05) is 0 Å². The first-order valence-electron chi connectivity index (χ1n) is 5.74. The van der Waals surface area contributed by atoms with Crippen LogP contribution < -0.4 is 4.72 Å². The Bertz CT molecular complexity index is 501. The van der Waals surface area contributed by atoms with E-state index in [1.165, 1.54) is 12.1 Å². The summed E-state index contributed by atoms with van der Waals surface area (Å²) in [7, 11) is -3.68. The molecule has 1 unspecified atom stereocenters. The highest BCUT2D eigenvalue weighted by molar-refractivity contribution is 7.89. The molecule has 0 bridgehead atoms. The number of carbonyl (C=O) groups excluding carboxylic acids is 1. The zero-order valence-electron chi connectivity index (χ0n) is 9.79. The van der Waals surface area contributed by atoms with Gasteiger partial charge in [0.25, 0.3) is 10.0 Å². The van der Waals surface area contributed by atoms with E-state index in [9.17, 15) is 13.2 Å². The molecule has 2 heterocycles. The van der Waals surface area contributed by atoms with E-state index in [4.69, 9.17) is 9.15 Å². The normalized spacial score (nSPS) is 20.8. The van der Waals surface area contributed by atoms with Crippen molar-refractivity contribution in [2.75, 3.05) is 19.8 Å². The summed E-state index contributed by atoms with van der Waals surface area (Å²) < 4.78 is 36.3. The van der Waals surface area contributed by atoms with Crippen molar-refractivity contribution >= 4 is 16.3 Å². The highest BCUT2D eigenvalue weighted by atomic mass is 32.2. The van der Waals surface area contributed by atoms with Gasteiger partial charge >= 0.3 is 0 Å². The topological polar surface area (TPSA) is 85.6 Å². The third-order valence-corrected chi connectivity index (χ3v) is 4.10. The quantitative estimate of drug-likeness (QED) is 0.802. The number of sulfonamides is 1. The van der Waals surface area contributed by atoms with Gasteiger partial charge in [-0.05, 0) is 30.9 Å². The number of hydrogen-bond donors (Lipinski definition) is 1. The fraction of sp³-hybridized carbons (Fsp3) is 0.545. The molecule has 0 spiro atoms. The molecular weight excluding hydrogens is 258 g/mol. The van der Waals surface area contributed by atoms with E-state index in [0.717, 1.165) is 19.4 Å². The molecule has 100 valence electrons. The van der Waals surface area contributed by atoms with E-state index in [0.29, 0.717) is 19.4 Å². The van der Waals surface area contributed by atoms with Crippen molar-refractivity contribution in [2.24, 2.45) is 5.92 Å². The number of carbonyl (C=O) groups is 1. The lowest BCUT2D eigenvalue weighted by Crippen LogP contribution is -2.33. The molecule has 6 nitrogen and oxygen atoms in total. The molecule has 0 saturated carbocycles. The first-order chi connectivity index (χ1) is 8.62. The van der Waals surface area contributed by atoms with Crippen LogP contribution in [-0.2, 0) is 14.8 Å². The highest BCUT2D eigenvalue weighted by Crippen LogP contribution is 2.15. The molecule has 1 saturated heterocycles. The van der Waals surface area contributed by atoms with Gasteiger partial charge in [-0.3, -0.25) is 4.79 Å². The van der Waals surface area contributed by atoms with Crippen LogP contribution in [-0.4, -0.2) is 34.5 Å². The van der Waals surface area contributed by atoms with Crippen LogP contribution >= 0.6 is 0 Å². The van der Waals surface area contributed by atoms with E-state index in [1.54, 1.807) is 0 Å². The Morgan fingerprint density at radius 2 is 2.28 bits per heavy atom. The molecule has 18 heavy (non-hydrogen) atoms. The van der Waals surface area contributed by atoms with Gasteiger partial charge in [-0.2, -0.15) is 0 Å². The van der Waals surface area contributed by atoms with Gasteiger partial charge in [0.2, 0.25) is 5.09 Å². The van der Waals surface area contributed by atoms with E-state index in [-0.39, 0.29) is 16.8 Å². The van der Waals surface area contributed by atoms with E-state index in [2.05, 4.69) is 4.72 Å². The maximum absolute atomic E-state index is 11.8. The number of hydrogen-bond acceptors (Lipinski definition) is 5. The van der Waals surface area contributed by atoms with Crippen LogP contribution in [0.2, 0.25) is 0 Å². The van der Waals surface area contributed by atoms with Gasteiger partial charge in [0.05, 0.1) is 6.61 Å². The summed E-state index contributed by atoms with van der Waals surface area (Å²) in [5, 5.41) is -0.235. The first kappa shape index (κ1) is 13.3. The second-order valence-electron chi connectivity index (χ2n) is 4.21. The Kier molecular flexibility index (Phi) is 4.15. The average Bonchev–Trinajstić information content (AvgIpc) is 2.87. The van der Waals surface area contributed by atoms with Crippen LogP contribution in [0.25, 0.3) is 0 Å². The highest BCUT2D eigenvalue weighted by Gasteiger charge is 2.21. The standard InChI is InChI=1S/C11H15NO5S/c13-7-10-3-4-11(17-10)18(14,15)12-6-9-2-1-5-16-8-9/h3-4,7,9,12H,1-2,5-6,8H2. The molecule has 1 aliphatic rings. The molecule has 1 aromatic heterocycles. The Balaban J connectivity index is 1.96. The van der Waals surface area contributed by atoms with Gasteiger partial charge in [-0.15, -0.1) is 0 Å². The lowest BCUT2D eigenvalue weighted by atomic mass is 10.0. The fourth-order valence-electron chi connectivity index (χ4n) is 1.81. The number of ether oxygens (including phenoxy) is 1. The average molecular weight is 273 g/mol. The summed E-state index contributed by atoms with van der Waals surface area (Å²) in [5.74, 6) is 0.186. The first-order valence-corrected chi connectivity index (χ1v) is 7.22. The number of furan rings is 1. The van der Waals surface area contributed by atoms with Gasteiger partial charge in [0.1, 0.15) is 0 Å². The van der Waals surface area contributed by atoms with Crippen LogP contribution in [0.4, 0.5) is 0 Å². The Labute approximate surface area is 105 Å². The maximum Gasteiger partial charge on any atom is 0.273 e. The second-order valence-corrected chi connectivity index (χ2v) is 5.91.